The number of nitrogens with two attached hydrogens (primary N) is 1. The average Bonchev–Trinajstić information content (AvgIpc) is 2.78. The van der Waals surface area contributed by atoms with Gasteiger partial charge in [-0.05, 0) is 13.0 Å². The fourth-order valence-corrected chi connectivity index (χ4v) is 2.13. The Bertz CT molecular complexity index is 779. The van der Waals surface area contributed by atoms with E-state index in [1.807, 2.05) is 24.3 Å². The van der Waals surface area contributed by atoms with Crippen LogP contribution in [0.1, 0.15) is 17.3 Å². The van der Waals surface area contributed by atoms with Gasteiger partial charge in [-0.3, -0.25) is 5.10 Å². The number of nitrogen functional groups attached to an aromatic ring is 1. The molecule has 0 bridgehead atoms. The van der Waals surface area contributed by atoms with Crippen molar-refractivity contribution in [2.75, 3.05) is 12.3 Å². The van der Waals surface area contributed by atoms with Gasteiger partial charge in [-0.2, -0.15) is 5.10 Å². The lowest BCUT2D eigenvalue weighted by molar-refractivity contribution is 0.0531. The second-order valence-corrected chi connectivity index (χ2v) is 4.06. The molecule has 0 spiro atoms. The van der Waals surface area contributed by atoms with E-state index in [-0.39, 0.29) is 5.82 Å². The molecule has 0 saturated heterocycles. The van der Waals surface area contributed by atoms with Crippen molar-refractivity contribution in [3.05, 3.63) is 29.8 Å². The lowest BCUT2D eigenvalue weighted by atomic mass is 10.1. The largest absolute Gasteiger partial charge is 0.462 e. The van der Waals surface area contributed by atoms with Crippen molar-refractivity contribution in [2.24, 2.45) is 0 Å². The van der Waals surface area contributed by atoms with Crippen molar-refractivity contribution in [1.29, 1.82) is 0 Å². The molecule has 0 aliphatic heterocycles. The maximum atomic E-state index is 12.2. The number of rotatable bonds is 2. The lowest BCUT2D eigenvalue weighted by Gasteiger charge is -2.07. The van der Waals surface area contributed by atoms with Crippen LogP contribution in [-0.4, -0.2) is 27.8 Å². The molecule has 3 rings (SSSR count). The molecule has 0 aliphatic rings. The fourth-order valence-electron chi connectivity index (χ4n) is 2.13. The van der Waals surface area contributed by atoms with Crippen molar-refractivity contribution < 1.29 is 9.53 Å². The van der Waals surface area contributed by atoms with Crippen molar-refractivity contribution in [3.63, 3.8) is 0 Å². The second-order valence-electron chi connectivity index (χ2n) is 4.06. The summed E-state index contributed by atoms with van der Waals surface area (Å²) >= 11 is 0. The quantitative estimate of drug-likeness (QED) is 0.682. The van der Waals surface area contributed by atoms with Crippen LogP contribution < -0.4 is 5.73 Å². The molecular formula is C13H12N4O2. The van der Waals surface area contributed by atoms with Gasteiger partial charge >= 0.3 is 5.97 Å². The number of carbonyl (C=O) groups excluding carboxylic acids is 1. The molecule has 6 nitrogen and oxygen atoms in total. The first-order valence-electron chi connectivity index (χ1n) is 5.91. The van der Waals surface area contributed by atoms with Crippen LogP contribution in [-0.2, 0) is 4.74 Å². The molecule has 3 N–H and O–H groups in total. The molecule has 0 radical (unpaired) electrons. The predicted octanol–water partition coefficient (Wildman–Crippen LogP) is 1.87. The monoisotopic (exact) mass is 256 g/mol. The smallest absolute Gasteiger partial charge is 0.339 e. The topological polar surface area (TPSA) is 93.9 Å². The Hall–Kier alpha value is -2.63. The van der Waals surface area contributed by atoms with Gasteiger partial charge in [0, 0.05) is 5.39 Å². The van der Waals surface area contributed by atoms with Gasteiger partial charge in [-0.1, -0.05) is 18.2 Å². The number of ether oxygens (including phenoxy) is 1. The molecule has 0 saturated carbocycles. The standard InChI is InChI=1S/C13H12N4O2/c1-2-19-13(18)9-7-5-3-4-6-8(7)15-12-10(9)11(14)16-17-12/h3-6H,2H2,1H3,(H3,14,15,16,17). The number of para-hydroxylation sites is 1. The molecule has 1 aromatic carbocycles. The van der Waals surface area contributed by atoms with Gasteiger partial charge < -0.3 is 10.5 Å². The third kappa shape index (κ3) is 1.69. The summed E-state index contributed by atoms with van der Waals surface area (Å²) in [5.41, 5.74) is 7.40. The number of H-pyrrole nitrogens is 1. The minimum atomic E-state index is -0.417. The number of pyridine rings is 1. The first-order valence-corrected chi connectivity index (χ1v) is 5.91. The highest BCUT2D eigenvalue weighted by molar-refractivity contribution is 6.16. The normalized spacial score (nSPS) is 11.0. The zero-order chi connectivity index (χ0) is 13.4. The van der Waals surface area contributed by atoms with E-state index in [2.05, 4.69) is 15.2 Å². The van der Waals surface area contributed by atoms with Crippen LogP contribution in [0, 0.1) is 0 Å². The SMILES string of the molecule is CCOC(=O)c1c2ccccc2nc2[nH]nc(N)c12. The van der Waals surface area contributed by atoms with E-state index >= 15 is 0 Å². The summed E-state index contributed by atoms with van der Waals surface area (Å²) in [4.78, 5) is 16.6. The first kappa shape index (κ1) is 11.5. The Morgan fingerprint density at radius 1 is 1.42 bits per heavy atom. The summed E-state index contributed by atoms with van der Waals surface area (Å²) < 4.78 is 5.10. The minimum absolute atomic E-state index is 0.247. The van der Waals surface area contributed by atoms with Crippen LogP contribution in [0.3, 0.4) is 0 Å². The highest BCUT2D eigenvalue weighted by atomic mass is 16.5. The summed E-state index contributed by atoms with van der Waals surface area (Å²) in [6, 6.07) is 7.35. The van der Waals surface area contributed by atoms with E-state index in [0.717, 1.165) is 0 Å². The number of anilines is 1. The molecule has 0 fully saturated rings. The summed E-state index contributed by atoms with van der Waals surface area (Å²) in [5.74, 6) is -0.171. The van der Waals surface area contributed by atoms with Gasteiger partial charge in [0.2, 0.25) is 0 Å². The molecule has 6 heteroatoms. The molecule has 96 valence electrons. The van der Waals surface area contributed by atoms with E-state index in [9.17, 15) is 4.79 Å². The summed E-state index contributed by atoms with van der Waals surface area (Å²) in [7, 11) is 0. The van der Waals surface area contributed by atoms with Crippen molar-refractivity contribution in [3.8, 4) is 0 Å². The van der Waals surface area contributed by atoms with Crippen LogP contribution in [0.4, 0.5) is 5.82 Å². The van der Waals surface area contributed by atoms with Gasteiger partial charge in [-0.25, -0.2) is 9.78 Å². The van der Waals surface area contributed by atoms with Crippen molar-refractivity contribution in [2.45, 2.75) is 6.92 Å². The fraction of sp³-hybridized carbons (Fsp3) is 0.154. The van der Waals surface area contributed by atoms with Gasteiger partial charge in [0.25, 0.3) is 0 Å². The number of nitrogens with one attached hydrogen (secondary N) is 1. The Morgan fingerprint density at radius 2 is 2.21 bits per heavy atom. The Morgan fingerprint density at radius 3 is 3.00 bits per heavy atom. The molecule has 0 aliphatic carbocycles. The molecule has 2 heterocycles. The number of benzene rings is 1. The molecule has 0 atom stereocenters. The van der Waals surface area contributed by atoms with Gasteiger partial charge in [0.15, 0.2) is 11.5 Å². The number of nitrogens with zero attached hydrogens (tertiary/aromatic N) is 2. The van der Waals surface area contributed by atoms with Crippen LogP contribution >= 0.6 is 0 Å². The van der Waals surface area contributed by atoms with Gasteiger partial charge in [-0.15, -0.1) is 0 Å². The molecule has 0 unspecified atom stereocenters. The first-order chi connectivity index (χ1) is 9.22. The van der Waals surface area contributed by atoms with Gasteiger partial charge in [0.1, 0.15) is 0 Å². The number of hydrogen-bond donors (Lipinski definition) is 2. The van der Waals surface area contributed by atoms with Crippen molar-refractivity contribution in [1.82, 2.24) is 15.2 Å². The van der Waals surface area contributed by atoms with Crippen LogP contribution in [0.2, 0.25) is 0 Å². The van der Waals surface area contributed by atoms with E-state index in [1.165, 1.54) is 0 Å². The van der Waals surface area contributed by atoms with E-state index < -0.39 is 5.97 Å². The highest BCUT2D eigenvalue weighted by Crippen LogP contribution is 2.28. The van der Waals surface area contributed by atoms with Crippen LogP contribution in [0.25, 0.3) is 21.9 Å². The van der Waals surface area contributed by atoms with Gasteiger partial charge in [0.05, 0.1) is 23.1 Å². The number of carbonyl (C=O) groups is 1. The minimum Gasteiger partial charge on any atom is -0.462 e. The lowest BCUT2D eigenvalue weighted by Crippen LogP contribution is -2.07. The zero-order valence-electron chi connectivity index (χ0n) is 10.3. The number of fused-ring (bicyclic) bond motifs is 2. The highest BCUT2D eigenvalue weighted by Gasteiger charge is 2.20. The number of aromatic nitrogens is 3. The zero-order valence-corrected chi connectivity index (χ0v) is 10.3. The maximum absolute atomic E-state index is 12.2. The molecule has 0 amide bonds. The summed E-state index contributed by atoms with van der Waals surface area (Å²) in [6.07, 6.45) is 0. The van der Waals surface area contributed by atoms with Crippen molar-refractivity contribution >= 4 is 33.7 Å². The Labute approximate surface area is 108 Å². The average molecular weight is 256 g/mol. The molecule has 2 aromatic heterocycles. The number of hydrogen-bond acceptors (Lipinski definition) is 5. The third-order valence-electron chi connectivity index (χ3n) is 2.91. The maximum Gasteiger partial charge on any atom is 0.339 e. The number of aromatic amines is 1. The molecule has 19 heavy (non-hydrogen) atoms. The van der Waals surface area contributed by atoms with E-state index in [0.29, 0.717) is 34.1 Å². The van der Waals surface area contributed by atoms with E-state index in [4.69, 9.17) is 10.5 Å². The summed E-state index contributed by atoms with van der Waals surface area (Å²) in [5, 5.41) is 7.85. The Balaban J connectivity index is 2.45. The molecular weight excluding hydrogens is 244 g/mol. The third-order valence-corrected chi connectivity index (χ3v) is 2.91. The van der Waals surface area contributed by atoms with Crippen LogP contribution in [0.5, 0.6) is 0 Å². The Kier molecular flexibility index (Phi) is 2.56. The number of esters is 1. The predicted molar refractivity (Wildman–Crippen MR) is 71.8 cm³/mol. The molecule has 3 aromatic rings. The van der Waals surface area contributed by atoms with Crippen LogP contribution in [0.15, 0.2) is 24.3 Å². The summed E-state index contributed by atoms with van der Waals surface area (Å²) in [6.45, 7) is 2.06. The van der Waals surface area contributed by atoms with E-state index in [1.54, 1.807) is 6.92 Å². The second kappa shape index (κ2) is 4.24.